The first-order valence-corrected chi connectivity index (χ1v) is 17.2. The zero-order valence-electron chi connectivity index (χ0n) is 27.2. The number of hydrogen-bond acceptors (Lipinski definition) is 5. The van der Waals surface area contributed by atoms with Gasteiger partial charge in [0.2, 0.25) is 0 Å². The van der Waals surface area contributed by atoms with Gasteiger partial charge in [-0.15, -0.1) is 0 Å². The zero-order chi connectivity index (χ0) is 30.8. The van der Waals surface area contributed by atoms with Gasteiger partial charge in [0.15, 0.2) is 6.10 Å². The van der Waals surface area contributed by atoms with Gasteiger partial charge in [-0.25, -0.2) is 0 Å². The van der Waals surface area contributed by atoms with E-state index >= 15 is 0 Å². The topological polar surface area (TPSA) is 72.8 Å². The van der Waals surface area contributed by atoms with Crippen LogP contribution in [0.1, 0.15) is 155 Å². The standard InChI is InChI=1S/C37H64O5/c1-3-5-7-9-11-13-15-17-18-20-22-24-26-28-30-32-37(40)42-35(33-38)34-41-36(39)31-29-27-25-23-21-19-16-14-12-10-8-6-4-2/h8,10-11,13-14,16-18,35,38H,3-7,9,12,15,19-34H2,1-2H3/b10-8-,13-11-,16-14-,18-17-. The van der Waals surface area contributed by atoms with Gasteiger partial charge in [0.1, 0.15) is 6.61 Å². The first kappa shape index (κ1) is 39.9. The third-order valence-corrected chi connectivity index (χ3v) is 7.08. The van der Waals surface area contributed by atoms with Crippen molar-refractivity contribution < 1.29 is 24.2 Å². The fourth-order valence-electron chi connectivity index (χ4n) is 4.44. The van der Waals surface area contributed by atoms with E-state index in [0.717, 1.165) is 77.0 Å². The van der Waals surface area contributed by atoms with E-state index in [0.29, 0.717) is 12.8 Å². The van der Waals surface area contributed by atoms with Gasteiger partial charge in [-0.05, 0) is 70.6 Å². The molecule has 0 fully saturated rings. The number of hydrogen-bond donors (Lipinski definition) is 1. The van der Waals surface area contributed by atoms with Gasteiger partial charge in [-0.3, -0.25) is 9.59 Å². The second-order valence-corrected chi connectivity index (χ2v) is 11.2. The fraction of sp³-hybridized carbons (Fsp3) is 0.730. The molecule has 0 radical (unpaired) electrons. The summed E-state index contributed by atoms with van der Waals surface area (Å²) in [5, 5.41) is 9.50. The van der Waals surface area contributed by atoms with Gasteiger partial charge in [-0.2, -0.15) is 0 Å². The minimum atomic E-state index is -0.783. The summed E-state index contributed by atoms with van der Waals surface area (Å²) >= 11 is 0. The Kier molecular flexibility index (Phi) is 31.7. The first-order chi connectivity index (χ1) is 20.6. The van der Waals surface area contributed by atoms with Crippen molar-refractivity contribution in [3.8, 4) is 0 Å². The number of unbranched alkanes of at least 4 members (excludes halogenated alkanes) is 14. The summed E-state index contributed by atoms with van der Waals surface area (Å²) in [4.78, 5) is 24.1. The van der Waals surface area contributed by atoms with Crippen molar-refractivity contribution in [3.63, 3.8) is 0 Å². The average molecular weight is 589 g/mol. The van der Waals surface area contributed by atoms with Crippen molar-refractivity contribution in [2.75, 3.05) is 13.2 Å². The van der Waals surface area contributed by atoms with Crippen molar-refractivity contribution in [3.05, 3.63) is 48.6 Å². The van der Waals surface area contributed by atoms with Crippen LogP contribution in [-0.4, -0.2) is 36.4 Å². The molecule has 242 valence electrons. The molecule has 1 unspecified atom stereocenters. The van der Waals surface area contributed by atoms with Gasteiger partial charge in [0.25, 0.3) is 0 Å². The van der Waals surface area contributed by atoms with Crippen molar-refractivity contribution in [1.29, 1.82) is 0 Å². The van der Waals surface area contributed by atoms with Crippen LogP contribution >= 0.6 is 0 Å². The van der Waals surface area contributed by atoms with E-state index in [1.807, 2.05) is 0 Å². The van der Waals surface area contributed by atoms with Crippen LogP contribution in [0.5, 0.6) is 0 Å². The van der Waals surface area contributed by atoms with Crippen LogP contribution in [-0.2, 0) is 19.1 Å². The van der Waals surface area contributed by atoms with Crippen LogP contribution < -0.4 is 0 Å². The molecule has 1 atom stereocenters. The number of ether oxygens (including phenoxy) is 2. The third-order valence-electron chi connectivity index (χ3n) is 7.08. The molecule has 0 aromatic rings. The molecule has 0 rings (SSSR count). The Morgan fingerprint density at radius 1 is 0.548 bits per heavy atom. The molecule has 0 amide bonds. The number of esters is 2. The number of allylic oxidation sites excluding steroid dienone is 8. The molecule has 1 N–H and O–H groups in total. The summed E-state index contributed by atoms with van der Waals surface area (Å²) in [5.74, 6) is -0.629. The highest BCUT2D eigenvalue weighted by atomic mass is 16.6. The van der Waals surface area contributed by atoms with E-state index in [4.69, 9.17) is 9.47 Å². The van der Waals surface area contributed by atoms with Gasteiger partial charge in [-0.1, -0.05) is 120 Å². The molecule has 0 aliphatic rings. The Bertz CT molecular complexity index is 722. The highest BCUT2D eigenvalue weighted by Crippen LogP contribution is 2.11. The van der Waals surface area contributed by atoms with Gasteiger partial charge in [0, 0.05) is 12.8 Å². The molecule has 0 heterocycles. The van der Waals surface area contributed by atoms with E-state index in [2.05, 4.69) is 62.5 Å². The van der Waals surface area contributed by atoms with E-state index < -0.39 is 6.10 Å². The lowest BCUT2D eigenvalue weighted by molar-refractivity contribution is -0.161. The maximum Gasteiger partial charge on any atom is 0.306 e. The lowest BCUT2D eigenvalue weighted by atomic mass is 10.1. The maximum atomic E-state index is 12.1. The minimum Gasteiger partial charge on any atom is -0.462 e. The summed E-state index contributed by atoms with van der Waals surface area (Å²) in [7, 11) is 0. The molecule has 0 saturated carbocycles. The molecule has 0 spiro atoms. The van der Waals surface area contributed by atoms with Gasteiger partial charge < -0.3 is 14.6 Å². The van der Waals surface area contributed by atoms with E-state index in [9.17, 15) is 14.7 Å². The molecule has 0 aromatic heterocycles. The molecule has 0 bridgehead atoms. The summed E-state index contributed by atoms with van der Waals surface area (Å²) in [6, 6.07) is 0. The lowest BCUT2D eigenvalue weighted by Gasteiger charge is -2.15. The van der Waals surface area contributed by atoms with Crippen molar-refractivity contribution >= 4 is 11.9 Å². The second-order valence-electron chi connectivity index (χ2n) is 11.2. The van der Waals surface area contributed by atoms with Crippen LogP contribution in [0.4, 0.5) is 0 Å². The van der Waals surface area contributed by atoms with E-state index in [1.54, 1.807) is 0 Å². The van der Waals surface area contributed by atoms with Crippen molar-refractivity contribution in [2.24, 2.45) is 0 Å². The molecule has 5 nitrogen and oxygen atoms in total. The molecular formula is C37H64O5. The van der Waals surface area contributed by atoms with Crippen LogP contribution in [0.15, 0.2) is 48.6 Å². The summed E-state index contributed by atoms with van der Waals surface area (Å²) in [6.07, 6.45) is 40.1. The fourth-order valence-corrected chi connectivity index (χ4v) is 4.44. The number of carbonyl (C=O) groups is 2. The normalized spacial score (nSPS) is 12.7. The predicted molar refractivity (Wildman–Crippen MR) is 177 cm³/mol. The lowest BCUT2D eigenvalue weighted by Crippen LogP contribution is -2.28. The monoisotopic (exact) mass is 588 g/mol. The van der Waals surface area contributed by atoms with Gasteiger partial charge >= 0.3 is 11.9 Å². The molecule has 5 heteroatoms. The predicted octanol–water partition coefficient (Wildman–Crippen LogP) is 10.3. The Morgan fingerprint density at radius 3 is 1.50 bits per heavy atom. The average Bonchev–Trinajstić information content (AvgIpc) is 2.99. The molecular weight excluding hydrogens is 524 g/mol. The number of aliphatic hydroxyl groups is 1. The van der Waals surface area contributed by atoms with Gasteiger partial charge in [0.05, 0.1) is 6.61 Å². The van der Waals surface area contributed by atoms with Crippen LogP contribution in [0, 0.1) is 0 Å². The summed E-state index contributed by atoms with van der Waals surface area (Å²) < 4.78 is 10.5. The quantitative estimate of drug-likeness (QED) is 0.0513. The molecule has 0 aliphatic heterocycles. The first-order valence-electron chi connectivity index (χ1n) is 17.2. The number of carbonyl (C=O) groups excluding carboxylic acids is 2. The maximum absolute atomic E-state index is 12.1. The highest BCUT2D eigenvalue weighted by molar-refractivity contribution is 5.70. The smallest absolute Gasteiger partial charge is 0.306 e. The Labute approximate surface area is 258 Å². The minimum absolute atomic E-state index is 0.0802. The Balaban J connectivity index is 3.65. The van der Waals surface area contributed by atoms with E-state index in [-0.39, 0.29) is 25.2 Å². The Hall–Kier alpha value is -2.14. The second kappa shape index (κ2) is 33.4. The SMILES string of the molecule is CCC/C=C\C/C=C\CCCCCCCC(=O)OCC(CO)OC(=O)CCCCCCC/C=C\C/C=C\CCCCC. The largest absolute Gasteiger partial charge is 0.462 e. The highest BCUT2D eigenvalue weighted by Gasteiger charge is 2.16. The third kappa shape index (κ3) is 30.8. The molecule has 0 aliphatic carbocycles. The molecule has 0 saturated heterocycles. The zero-order valence-corrected chi connectivity index (χ0v) is 27.2. The van der Waals surface area contributed by atoms with Crippen LogP contribution in [0.2, 0.25) is 0 Å². The van der Waals surface area contributed by atoms with Crippen molar-refractivity contribution in [1.82, 2.24) is 0 Å². The van der Waals surface area contributed by atoms with Crippen LogP contribution in [0.25, 0.3) is 0 Å². The van der Waals surface area contributed by atoms with E-state index in [1.165, 1.54) is 51.4 Å². The Morgan fingerprint density at radius 2 is 1.00 bits per heavy atom. The summed E-state index contributed by atoms with van der Waals surface area (Å²) in [6.45, 7) is 4.00. The van der Waals surface area contributed by atoms with Crippen LogP contribution in [0.3, 0.4) is 0 Å². The molecule has 0 aromatic carbocycles. The summed E-state index contributed by atoms with van der Waals surface area (Å²) in [5.41, 5.74) is 0. The molecule has 42 heavy (non-hydrogen) atoms. The number of rotatable bonds is 30. The number of aliphatic hydroxyl groups excluding tert-OH is 1. The van der Waals surface area contributed by atoms with Crippen molar-refractivity contribution in [2.45, 2.75) is 161 Å².